The predicted octanol–water partition coefficient (Wildman–Crippen LogP) is 5.75. The highest BCUT2D eigenvalue weighted by Crippen LogP contribution is 2.21. The summed E-state index contributed by atoms with van der Waals surface area (Å²) in [5.74, 6) is 0.252. The van der Waals surface area contributed by atoms with Crippen LogP contribution < -0.4 is 10.1 Å². The summed E-state index contributed by atoms with van der Waals surface area (Å²) in [6.07, 6.45) is 0. The number of nitrogens with one attached hydrogen (secondary N) is 1. The fourth-order valence-electron chi connectivity index (χ4n) is 3.17. The van der Waals surface area contributed by atoms with E-state index in [0.29, 0.717) is 22.4 Å². The smallest absolute Gasteiger partial charge is 0.259 e. The van der Waals surface area contributed by atoms with Crippen molar-refractivity contribution in [3.8, 4) is 5.75 Å². The SMILES string of the molecule is O=C(c1ccccc1)c1ccc(COc2ccccc2C(=O)Nc2ccccc2)cc1. The number of amides is 1. The molecule has 1 N–H and O–H groups in total. The zero-order chi connectivity index (χ0) is 21.5. The lowest BCUT2D eigenvalue weighted by molar-refractivity contribution is 0.101. The molecule has 0 aliphatic carbocycles. The van der Waals surface area contributed by atoms with Gasteiger partial charge in [0.15, 0.2) is 5.78 Å². The van der Waals surface area contributed by atoms with Crippen molar-refractivity contribution in [1.29, 1.82) is 0 Å². The second kappa shape index (κ2) is 9.55. The number of carbonyl (C=O) groups excluding carboxylic acids is 2. The van der Waals surface area contributed by atoms with Crippen LogP contribution in [-0.2, 0) is 6.61 Å². The number of benzene rings is 4. The third kappa shape index (κ3) is 5.06. The summed E-state index contributed by atoms with van der Waals surface area (Å²) >= 11 is 0. The Kier molecular flexibility index (Phi) is 6.19. The molecule has 0 heterocycles. The number of ether oxygens (including phenoxy) is 1. The number of para-hydroxylation sites is 2. The average molecular weight is 407 g/mol. The first-order valence-electron chi connectivity index (χ1n) is 9.97. The fourth-order valence-corrected chi connectivity index (χ4v) is 3.17. The summed E-state index contributed by atoms with van der Waals surface area (Å²) in [4.78, 5) is 25.2. The molecular weight excluding hydrogens is 386 g/mol. The van der Waals surface area contributed by atoms with Gasteiger partial charge in [0.1, 0.15) is 12.4 Å². The second-order valence-electron chi connectivity index (χ2n) is 7.00. The van der Waals surface area contributed by atoms with Gasteiger partial charge in [-0.05, 0) is 29.8 Å². The van der Waals surface area contributed by atoms with E-state index in [4.69, 9.17) is 4.74 Å². The molecule has 0 radical (unpaired) electrons. The van der Waals surface area contributed by atoms with Gasteiger partial charge in [-0.1, -0.05) is 84.9 Å². The minimum Gasteiger partial charge on any atom is -0.488 e. The first-order chi connectivity index (χ1) is 15.2. The van der Waals surface area contributed by atoms with Crippen LogP contribution in [0.1, 0.15) is 31.8 Å². The van der Waals surface area contributed by atoms with Crippen LogP contribution in [0.15, 0.2) is 109 Å². The molecule has 4 rings (SSSR count). The summed E-state index contributed by atoms with van der Waals surface area (Å²) in [5, 5.41) is 2.88. The molecule has 0 saturated heterocycles. The molecule has 0 atom stereocenters. The van der Waals surface area contributed by atoms with Gasteiger partial charge in [-0.2, -0.15) is 0 Å². The molecule has 4 aromatic carbocycles. The van der Waals surface area contributed by atoms with E-state index >= 15 is 0 Å². The van der Waals surface area contributed by atoms with E-state index in [0.717, 1.165) is 11.3 Å². The van der Waals surface area contributed by atoms with Crippen LogP contribution in [-0.4, -0.2) is 11.7 Å². The van der Waals surface area contributed by atoms with Gasteiger partial charge in [0.25, 0.3) is 5.91 Å². The Hall–Kier alpha value is -4.18. The maximum absolute atomic E-state index is 12.7. The molecule has 4 aromatic rings. The summed E-state index contributed by atoms with van der Waals surface area (Å²) in [7, 11) is 0. The number of carbonyl (C=O) groups is 2. The van der Waals surface area contributed by atoms with E-state index in [-0.39, 0.29) is 18.3 Å². The summed E-state index contributed by atoms with van der Waals surface area (Å²) in [5.41, 5.74) is 3.37. The van der Waals surface area contributed by atoms with Crippen molar-refractivity contribution in [2.45, 2.75) is 6.61 Å². The van der Waals surface area contributed by atoms with Crippen LogP contribution >= 0.6 is 0 Å². The summed E-state index contributed by atoms with van der Waals surface area (Å²) in [6.45, 7) is 0.287. The molecule has 0 aliphatic heterocycles. The molecule has 0 bridgehead atoms. The third-order valence-corrected chi connectivity index (χ3v) is 4.81. The van der Waals surface area contributed by atoms with Crippen molar-refractivity contribution >= 4 is 17.4 Å². The predicted molar refractivity (Wildman–Crippen MR) is 121 cm³/mol. The zero-order valence-corrected chi connectivity index (χ0v) is 16.8. The number of hydrogen-bond donors (Lipinski definition) is 1. The van der Waals surface area contributed by atoms with E-state index in [9.17, 15) is 9.59 Å². The Morgan fingerprint density at radius 1 is 0.645 bits per heavy atom. The van der Waals surface area contributed by atoms with Gasteiger partial charge in [-0.3, -0.25) is 9.59 Å². The highest BCUT2D eigenvalue weighted by molar-refractivity contribution is 6.09. The van der Waals surface area contributed by atoms with Crippen molar-refractivity contribution in [3.05, 3.63) is 131 Å². The fraction of sp³-hybridized carbons (Fsp3) is 0.0370. The van der Waals surface area contributed by atoms with Gasteiger partial charge >= 0.3 is 0 Å². The van der Waals surface area contributed by atoms with E-state index in [1.807, 2.05) is 66.7 Å². The van der Waals surface area contributed by atoms with E-state index in [1.165, 1.54) is 0 Å². The van der Waals surface area contributed by atoms with Crippen molar-refractivity contribution in [3.63, 3.8) is 0 Å². The molecular formula is C27H21NO3. The summed E-state index contributed by atoms with van der Waals surface area (Å²) in [6, 6.07) is 32.9. The molecule has 0 saturated carbocycles. The Balaban J connectivity index is 1.43. The molecule has 0 fully saturated rings. The van der Waals surface area contributed by atoms with Crippen LogP contribution in [0.25, 0.3) is 0 Å². The largest absolute Gasteiger partial charge is 0.488 e. The molecule has 152 valence electrons. The minimum atomic E-state index is -0.231. The van der Waals surface area contributed by atoms with Crippen molar-refractivity contribution < 1.29 is 14.3 Å². The van der Waals surface area contributed by atoms with E-state index in [1.54, 1.807) is 42.5 Å². The van der Waals surface area contributed by atoms with Crippen LogP contribution in [0, 0.1) is 0 Å². The highest BCUT2D eigenvalue weighted by atomic mass is 16.5. The first kappa shape index (κ1) is 20.1. The Morgan fingerprint density at radius 3 is 1.94 bits per heavy atom. The second-order valence-corrected chi connectivity index (χ2v) is 7.00. The van der Waals surface area contributed by atoms with Gasteiger partial charge in [0, 0.05) is 16.8 Å². The maximum atomic E-state index is 12.7. The number of hydrogen-bond acceptors (Lipinski definition) is 3. The number of ketones is 1. The van der Waals surface area contributed by atoms with Crippen molar-refractivity contribution in [2.75, 3.05) is 5.32 Å². The average Bonchev–Trinajstić information content (AvgIpc) is 2.84. The van der Waals surface area contributed by atoms with Crippen LogP contribution in [0.3, 0.4) is 0 Å². The highest BCUT2D eigenvalue weighted by Gasteiger charge is 2.13. The Labute approximate surface area is 181 Å². The summed E-state index contributed by atoms with van der Waals surface area (Å²) < 4.78 is 5.92. The quantitative estimate of drug-likeness (QED) is 0.397. The lowest BCUT2D eigenvalue weighted by Gasteiger charge is -2.12. The van der Waals surface area contributed by atoms with E-state index in [2.05, 4.69) is 5.32 Å². The third-order valence-electron chi connectivity index (χ3n) is 4.81. The molecule has 0 aliphatic rings. The first-order valence-corrected chi connectivity index (χ1v) is 9.97. The minimum absolute atomic E-state index is 0.0176. The Morgan fingerprint density at radius 2 is 1.23 bits per heavy atom. The molecule has 31 heavy (non-hydrogen) atoms. The van der Waals surface area contributed by atoms with Gasteiger partial charge in [-0.25, -0.2) is 0 Å². The Bertz CT molecular complexity index is 1170. The molecule has 0 unspecified atom stereocenters. The van der Waals surface area contributed by atoms with Crippen LogP contribution in [0.5, 0.6) is 5.75 Å². The number of anilines is 1. The van der Waals surface area contributed by atoms with Gasteiger partial charge < -0.3 is 10.1 Å². The molecule has 4 heteroatoms. The number of rotatable bonds is 7. The zero-order valence-electron chi connectivity index (χ0n) is 16.8. The van der Waals surface area contributed by atoms with Crippen molar-refractivity contribution in [2.24, 2.45) is 0 Å². The standard InChI is InChI=1S/C27H21NO3/c29-26(21-9-3-1-4-10-21)22-17-15-20(16-18-22)19-31-25-14-8-7-13-24(25)27(30)28-23-11-5-2-6-12-23/h1-18H,19H2,(H,28,30). The van der Waals surface area contributed by atoms with E-state index < -0.39 is 0 Å². The molecule has 1 amide bonds. The topological polar surface area (TPSA) is 55.4 Å². The normalized spacial score (nSPS) is 10.3. The lowest BCUT2D eigenvalue weighted by Crippen LogP contribution is -2.13. The maximum Gasteiger partial charge on any atom is 0.259 e. The molecule has 0 spiro atoms. The lowest BCUT2D eigenvalue weighted by atomic mass is 10.0. The van der Waals surface area contributed by atoms with Gasteiger partial charge in [0.2, 0.25) is 0 Å². The molecule has 0 aromatic heterocycles. The van der Waals surface area contributed by atoms with Crippen LogP contribution in [0.2, 0.25) is 0 Å². The monoisotopic (exact) mass is 407 g/mol. The van der Waals surface area contributed by atoms with Gasteiger partial charge in [-0.15, -0.1) is 0 Å². The molecule has 4 nitrogen and oxygen atoms in total. The van der Waals surface area contributed by atoms with Crippen LogP contribution in [0.4, 0.5) is 5.69 Å². The van der Waals surface area contributed by atoms with Gasteiger partial charge in [0.05, 0.1) is 5.56 Å². The van der Waals surface area contributed by atoms with Crippen molar-refractivity contribution in [1.82, 2.24) is 0 Å².